The summed E-state index contributed by atoms with van der Waals surface area (Å²) in [5.41, 5.74) is 0.869. The van der Waals surface area contributed by atoms with Gasteiger partial charge in [0.15, 0.2) is 0 Å². The van der Waals surface area contributed by atoms with Crippen LogP contribution in [0.5, 0.6) is 0 Å². The van der Waals surface area contributed by atoms with Crippen molar-refractivity contribution in [3.63, 3.8) is 0 Å². The lowest BCUT2D eigenvalue weighted by Gasteiger charge is -2.28. The van der Waals surface area contributed by atoms with Crippen LogP contribution in [0.2, 0.25) is 0 Å². The van der Waals surface area contributed by atoms with Crippen molar-refractivity contribution in [2.24, 2.45) is 5.92 Å². The number of likely N-dealkylation sites (tertiary alicyclic amines) is 1. The Morgan fingerprint density at radius 1 is 1.40 bits per heavy atom. The first kappa shape index (κ1) is 7.73. The van der Waals surface area contributed by atoms with E-state index in [0.29, 0.717) is 5.92 Å². The van der Waals surface area contributed by atoms with E-state index in [-0.39, 0.29) is 0 Å². The highest BCUT2D eigenvalue weighted by Gasteiger charge is 2.17. The minimum Gasteiger partial charge on any atom is -0.310 e. The highest BCUT2D eigenvalue weighted by Crippen LogP contribution is 2.16. The van der Waals surface area contributed by atoms with Crippen molar-refractivity contribution in [2.75, 3.05) is 20.1 Å². The van der Waals surface area contributed by atoms with E-state index < -0.39 is 0 Å². The van der Waals surface area contributed by atoms with Gasteiger partial charge in [-0.05, 0) is 45.8 Å². The van der Waals surface area contributed by atoms with Gasteiger partial charge in [0.1, 0.15) is 0 Å². The molecule has 1 N–H and O–H groups in total. The van der Waals surface area contributed by atoms with Gasteiger partial charge >= 0.3 is 0 Å². The number of hydrogen-bond acceptors (Lipinski definition) is 2. The Kier molecular flexibility index (Phi) is 2.44. The Morgan fingerprint density at radius 2 is 1.90 bits per heavy atom. The molecule has 0 amide bonds. The molecule has 1 aliphatic rings. The molecule has 0 aromatic carbocycles. The van der Waals surface area contributed by atoms with Crippen molar-refractivity contribution in [1.29, 1.82) is 5.41 Å². The number of piperidine rings is 1. The molecule has 0 spiro atoms. The molecule has 1 saturated heterocycles. The second-order valence-corrected chi connectivity index (χ2v) is 3.26. The lowest BCUT2D eigenvalue weighted by atomic mass is 9.93. The molecule has 10 heavy (non-hydrogen) atoms. The van der Waals surface area contributed by atoms with E-state index in [2.05, 4.69) is 11.9 Å². The zero-order valence-corrected chi connectivity index (χ0v) is 6.85. The third-order valence-corrected chi connectivity index (χ3v) is 2.33. The van der Waals surface area contributed by atoms with E-state index in [1.54, 1.807) is 0 Å². The van der Waals surface area contributed by atoms with Gasteiger partial charge in [0.25, 0.3) is 0 Å². The second kappa shape index (κ2) is 3.15. The first-order valence-electron chi connectivity index (χ1n) is 3.93. The zero-order chi connectivity index (χ0) is 7.56. The lowest BCUT2D eigenvalue weighted by molar-refractivity contribution is 0.251. The molecular weight excluding hydrogens is 124 g/mol. The van der Waals surface area contributed by atoms with Gasteiger partial charge in [-0.15, -0.1) is 0 Å². The van der Waals surface area contributed by atoms with E-state index in [1.807, 2.05) is 6.92 Å². The molecule has 2 nitrogen and oxygen atoms in total. The van der Waals surface area contributed by atoms with Gasteiger partial charge in [0.05, 0.1) is 0 Å². The fourth-order valence-corrected chi connectivity index (χ4v) is 1.44. The molecule has 0 radical (unpaired) electrons. The summed E-state index contributed by atoms with van der Waals surface area (Å²) in [5.74, 6) is 0.580. The van der Waals surface area contributed by atoms with Crippen LogP contribution >= 0.6 is 0 Å². The molecule has 1 aliphatic heterocycles. The Hall–Kier alpha value is -0.370. The normalized spacial score (nSPS) is 23.0. The molecule has 58 valence electrons. The second-order valence-electron chi connectivity index (χ2n) is 3.26. The highest BCUT2D eigenvalue weighted by molar-refractivity contribution is 5.81. The maximum Gasteiger partial charge on any atom is 0.00900 e. The molecule has 1 fully saturated rings. The first-order chi connectivity index (χ1) is 4.70. The Bertz CT molecular complexity index is 123. The van der Waals surface area contributed by atoms with Gasteiger partial charge < -0.3 is 10.3 Å². The average Bonchev–Trinajstić information content (AvgIpc) is 1.88. The van der Waals surface area contributed by atoms with Crippen LogP contribution in [0.3, 0.4) is 0 Å². The highest BCUT2D eigenvalue weighted by atomic mass is 15.1. The zero-order valence-electron chi connectivity index (χ0n) is 6.85. The van der Waals surface area contributed by atoms with E-state index >= 15 is 0 Å². The number of hydrogen-bond donors (Lipinski definition) is 1. The topological polar surface area (TPSA) is 27.1 Å². The quantitative estimate of drug-likeness (QED) is 0.547. The molecule has 0 bridgehead atoms. The summed E-state index contributed by atoms with van der Waals surface area (Å²) in [6.45, 7) is 4.26. The summed E-state index contributed by atoms with van der Waals surface area (Å²) in [4.78, 5) is 2.33. The summed E-state index contributed by atoms with van der Waals surface area (Å²) in [6.07, 6.45) is 2.37. The third-order valence-electron chi connectivity index (χ3n) is 2.33. The molecule has 0 aliphatic carbocycles. The maximum atomic E-state index is 7.44. The van der Waals surface area contributed by atoms with Gasteiger partial charge in [0.2, 0.25) is 0 Å². The van der Waals surface area contributed by atoms with E-state index in [9.17, 15) is 0 Å². The van der Waals surface area contributed by atoms with Crippen LogP contribution in [0.15, 0.2) is 0 Å². The average molecular weight is 140 g/mol. The van der Waals surface area contributed by atoms with Crippen LogP contribution in [-0.2, 0) is 0 Å². The molecular formula is C8H16N2. The van der Waals surface area contributed by atoms with Crippen molar-refractivity contribution >= 4 is 5.71 Å². The Balaban J connectivity index is 2.33. The van der Waals surface area contributed by atoms with Crippen LogP contribution in [0.1, 0.15) is 19.8 Å². The molecule has 1 heterocycles. The molecule has 1 rings (SSSR count). The van der Waals surface area contributed by atoms with Crippen LogP contribution in [0.4, 0.5) is 0 Å². The van der Waals surface area contributed by atoms with Crippen LogP contribution < -0.4 is 0 Å². The fourth-order valence-electron chi connectivity index (χ4n) is 1.44. The maximum absolute atomic E-state index is 7.44. The summed E-state index contributed by atoms with van der Waals surface area (Å²) in [7, 11) is 2.15. The summed E-state index contributed by atoms with van der Waals surface area (Å²) < 4.78 is 0. The van der Waals surface area contributed by atoms with Crippen molar-refractivity contribution in [3.8, 4) is 0 Å². The van der Waals surface area contributed by atoms with Crippen LogP contribution in [-0.4, -0.2) is 30.7 Å². The predicted molar refractivity (Wildman–Crippen MR) is 43.6 cm³/mol. The SMILES string of the molecule is CC(=N)C1CCN(C)CC1. The first-order valence-corrected chi connectivity index (χ1v) is 3.93. The number of nitrogens with zero attached hydrogens (tertiary/aromatic N) is 1. The van der Waals surface area contributed by atoms with Crippen molar-refractivity contribution in [1.82, 2.24) is 4.90 Å². The monoisotopic (exact) mass is 140 g/mol. The van der Waals surface area contributed by atoms with E-state index in [0.717, 1.165) is 5.71 Å². The number of nitrogens with one attached hydrogen (secondary N) is 1. The summed E-state index contributed by atoms with van der Waals surface area (Å²) in [6, 6.07) is 0. The Morgan fingerprint density at radius 3 is 2.30 bits per heavy atom. The predicted octanol–water partition coefficient (Wildman–Crippen LogP) is 1.37. The molecule has 2 heteroatoms. The van der Waals surface area contributed by atoms with E-state index in [4.69, 9.17) is 5.41 Å². The minimum absolute atomic E-state index is 0.580. The van der Waals surface area contributed by atoms with Gasteiger partial charge in [0, 0.05) is 5.71 Å². The third kappa shape index (κ3) is 1.81. The smallest absolute Gasteiger partial charge is 0.00900 e. The fraction of sp³-hybridized carbons (Fsp3) is 0.875. The lowest BCUT2D eigenvalue weighted by Crippen LogP contribution is -2.32. The van der Waals surface area contributed by atoms with E-state index in [1.165, 1.54) is 25.9 Å². The molecule has 0 unspecified atom stereocenters. The number of rotatable bonds is 1. The van der Waals surface area contributed by atoms with Gasteiger partial charge in [-0.3, -0.25) is 0 Å². The summed E-state index contributed by atoms with van der Waals surface area (Å²) >= 11 is 0. The van der Waals surface area contributed by atoms with Gasteiger partial charge in [-0.2, -0.15) is 0 Å². The summed E-state index contributed by atoms with van der Waals surface area (Å²) in [5, 5.41) is 7.44. The van der Waals surface area contributed by atoms with Gasteiger partial charge in [-0.25, -0.2) is 0 Å². The molecule has 0 aromatic heterocycles. The largest absolute Gasteiger partial charge is 0.310 e. The molecule has 0 aromatic rings. The van der Waals surface area contributed by atoms with Crippen molar-refractivity contribution in [3.05, 3.63) is 0 Å². The van der Waals surface area contributed by atoms with Crippen molar-refractivity contribution in [2.45, 2.75) is 19.8 Å². The van der Waals surface area contributed by atoms with Crippen LogP contribution in [0, 0.1) is 11.3 Å². The minimum atomic E-state index is 0.580. The molecule has 0 atom stereocenters. The molecule has 0 saturated carbocycles. The van der Waals surface area contributed by atoms with Crippen molar-refractivity contribution < 1.29 is 0 Å². The Labute approximate surface area is 62.7 Å². The standard InChI is InChI=1S/C8H16N2/c1-7(9)8-3-5-10(2)6-4-8/h8-9H,3-6H2,1-2H3. The van der Waals surface area contributed by atoms with Crippen LogP contribution in [0.25, 0.3) is 0 Å². The van der Waals surface area contributed by atoms with Gasteiger partial charge in [-0.1, -0.05) is 0 Å².